The number of aliphatic hydroxyl groups excluding tert-OH is 1. The van der Waals surface area contributed by atoms with Crippen molar-refractivity contribution in [2.24, 2.45) is 0 Å². The molecule has 42 heavy (non-hydrogen) atoms. The number of fused-ring (bicyclic) bond motifs is 1. The Kier molecular flexibility index (Phi) is 6.82. The largest absolute Gasteiger partial charge is 0.392 e. The molecular weight excluding hydrogens is 531 g/mol. The fourth-order valence-corrected chi connectivity index (χ4v) is 6.30. The smallest absolute Gasteiger partial charge is 0.261 e. The molecule has 1 aliphatic carbocycles. The van der Waals surface area contributed by atoms with Gasteiger partial charge in [0.2, 0.25) is 5.95 Å². The highest BCUT2D eigenvalue weighted by molar-refractivity contribution is 6.09. The summed E-state index contributed by atoms with van der Waals surface area (Å²) in [5.74, 6) is 0.432. The van der Waals surface area contributed by atoms with Crippen molar-refractivity contribution >= 4 is 23.2 Å². The Hall–Kier alpha value is -4.37. The van der Waals surface area contributed by atoms with E-state index in [9.17, 15) is 9.90 Å². The maximum Gasteiger partial charge on any atom is 0.261 e. The van der Waals surface area contributed by atoms with Crippen LogP contribution in [-0.2, 0) is 19.4 Å². The SMILES string of the molecule is Nc1nc(Cc2ccc(N3CCCC3)cc2)nc(-c2cccc(N3CCc4cc(C5CC5)cc(F)c4C3=O)c2CO)n1. The molecule has 214 valence electrons. The predicted octanol–water partition coefficient (Wildman–Crippen LogP) is 5.02. The van der Waals surface area contributed by atoms with Crippen molar-refractivity contribution in [1.82, 2.24) is 15.0 Å². The van der Waals surface area contributed by atoms with Gasteiger partial charge in [-0.1, -0.05) is 30.3 Å². The van der Waals surface area contributed by atoms with E-state index in [4.69, 9.17) is 10.7 Å². The molecule has 3 N–H and O–H groups in total. The minimum absolute atomic E-state index is 0.0782. The van der Waals surface area contributed by atoms with Crippen LogP contribution in [-0.4, -0.2) is 45.6 Å². The number of amides is 1. The first kappa shape index (κ1) is 26.5. The number of halogens is 1. The van der Waals surface area contributed by atoms with Gasteiger partial charge in [0.25, 0.3) is 5.91 Å². The molecule has 3 aromatic carbocycles. The Bertz CT molecular complexity index is 1660. The summed E-state index contributed by atoms with van der Waals surface area (Å²) in [4.78, 5) is 31.0. The average molecular weight is 565 g/mol. The molecule has 7 rings (SSSR count). The van der Waals surface area contributed by atoms with Crippen molar-refractivity contribution in [1.29, 1.82) is 0 Å². The van der Waals surface area contributed by atoms with Crippen molar-refractivity contribution in [2.75, 3.05) is 35.2 Å². The van der Waals surface area contributed by atoms with Gasteiger partial charge in [0, 0.05) is 42.9 Å². The topological polar surface area (TPSA) is 108 Å². The van der Waals surface area contributed by atoms with Crippen molar-refractivity contribution in [3.05, 3.63) is 94.1 Å². The van der Waals surface area contributed by atoms with E-state index in [1.54, 1.807) is 23.1 Å². The van der Waals surface area contributed by atoms with Crippen molar-refractivity contribution < 1.29 is 14.3 Å². The van der Waals surface area contributed by atoms with Crippen LogP contribution in [0.2, 0.25) is 0 Å². The first-order valence-corrected chi connectivity index (χ1v) is 14.7. The second-order valence-corrected chi connectivity index (χ2v) is 11.5. The average Bonchev–Trinajstić information content (AvgIpc) is 3.70. The van der Waals surface area contributed by atoms with E-state index < -0.39 is 11.7 Å². The number of nitrogens with two attached hydrogens (primary N) is 1. The monoisotopic (exact) mass is 564 g/mol. The lowest BCUT2D eigenvalue weighted by atomic mass is 9.93. The molecule has 0 atom stereocenters. The Morgan fingerprint density at radius 2 is 1.76 bits per heavy atom. The van der Waals surface area contributed by atoms with Crippen LogP contribution in [0.4, 0.5) is 21.7 Å². The third kappa shape index (κ3) is 4.98. The first-order chi connectivity index (χ1) is 20.5. The molecule has 0 unspecified atom stereocenters. The Balaban J connectivity index is 1.18. The Morgan fingerprint density at radius 1 is 0.976 bits per heavy atom. The molecule has 4 aromatic rings. The van der Waals surface area contributed by atoms with Crippen molar-refractivity contribution in [2.45, 2.75) is 51.0 Å². The fraction of sp³-hybridized carbons (Fsp3) is 0.333. The zero-order chi connectivity index (χ0) is 28.8. The number of nitrogens with zero attached hydrogens (tertiary/aromatic N) is 5. The number of hydrogen-bond acceptors (Lipinski definition) is 7. The number of rotatable bonds is 7. The summed E-state index contributed by atoms with van der Waals surface area (Å²) in [6.07, 6.45) is 5.59. The van der Waals surface area contributed by atoms with Crippen molar-refractivity contribution in [3.63, 3.8) is 0 Å². The van der Waals surface area contributed by atoms with E-state index >= 15 is 4.39 Å². The molecule has 1 amide bonds. The normalized spacial score (nSPS) is 16.7. The van der Waals surface area contributed by atoms with Crippen LogP contribution < -0.4 is 15.5 Å². The minimum Gasteiger partial charge on any atom is -0.392 e. The van der Waals surface area contributed by atoms with Gasteiger partial charge in [-0.2, -0.15) is 9.97 Å². The second kappa shape index (κ2) is 10.8. The predicted molar refractivity (Wildman–Crippen MR) is 160 cm³/mol. The lowest BCUT2D eigenvalue weighted by Crippen LogP contribution is -2.39. The van der Waals surface area contributed by atoms with Crippen LogP contribution in [0.5, 0.6) is 0 Å². The van der Waals surface area contributed by atoms with Gasteiger partial charge in [0.05, 0.1) is 17.9 Å². The maximum absolute atomic E-state index is 15.2. The second-order valence-electron chi connectivity index (χ2n) is 11.5. The quantitative estimate of drug-likeness (QED) is 0.324. The number of carbonyl (C=O) groups excluding carboxylic acids is 1. The Labute approximate surface area is 244 Å². The van der Waals surface area contributed by atoms with Crippen LogP contribution in [0.15, 0.2) is 54.6 Å². The van der Waals surface area contributed by atoms with E-state index in [1.807, 2.05) is 6.07 Å². The van der Waals surface area contributed by atoms with Gasteiger partial charge >= 0.3 is 0 Å². The number of aromatic nitrogens is 3. The van der Waals surface area contributed by atoms with Crippen LogP contribution in [0.3, 0.4) is 0 Å². The standard InChI is InChI=1S/C33H33FN6O2/c34-27-18-23(21-8-9-21)17-22-12-15-40(32(42)30(22)27)28-5-3-4-25(26(28)19-41)31-36-29(37-33(35)38-31)16-20-6-10-24(11-7-20)39-13-1-2-14-39/h3-7,10-11,17-18,21,41H,1-2,8-9,12-16,19H2,(H2,35,36,37,38). The maximum atomic E-state index is 15.2. The van der Waals surface area contributed by atoms with Crippen LogP contribution in [0.25, 0.3) is 11.4 Å². The Morgan fingerprint density at radius 3 is 2.50 bits per heavy atom. The fourth-order valence-electron chi connectivity index (χ4n) is 6.30. The highest BCUT2D eigenvalue weighted by Gasteiger charge is 2.33. The summed E-state index contributed by atoms with van der Waals surface area (Å²) in [6, 6.07) is 17.3. The van der Waals surface area contributed by atoms with Gasteiger partial charge < -0.3 is 20.6 Å². The summed E-state index contributed by atoms with van der Waals surface area (Å²) >= 11 is 0. The number of anilines is 3. The third-order valence-electron chi connectivity index (χ3n) is 8.62. The zero-order valence-electron chi connectivity index (χ0n) is 23.4. The molecule has 1 aromatic heterocycles. The number of aliphatic hydroxyl groups is 1. The molecule has 2 fully saturated rings. The molecule has 1 saturated heterocycles. The third-order valence-corrected chi connectivity index (χ3v) is 8.62. The number of nitrogen functional groups attached to an aromatic ring is 1. The van der Waals surface area contributed by atoms with Gasteiger partial charge in [-0.25, -0.2) is 9.37 Å². The van der Waals surface area contributed by atoms with E-state index in [0.29, 0.717) is 53.8 Å². The van der Waals surface area contributed by atoms with Gasteiger partial charge in [0.1, 0.15) is 11.6 Å². The number of benzene rings is 3. The highest BCUT2D eigenvalue weighted by Crippen LogP contribution is 2.42. The summed E-state index contributed by atoms with van der Waals surface area (Å²) in [6.45, 7) is 2.20. The summed E-state index contributed by atoms with van der Waals surface area (Å²) in [5, 5.41) is 10.5. The van der Waals surface area contributed by atoms with E-state index in [2.05, 4.69) is 39.1 Å². The molecule has 0 spiro atoms. The molecule has 3 heterocycles. The van der Waals surface area contributed by atoms with E-state index in [0.717, 1.165) is 42.6 Å². The molecule has 9 heteroatoms. The minimum atomic E-state index is -0.478. The number of hydrogen-bond donors (Lipinski definition) is 2. The molecule has 3 aliphatic rings. The summed E-state index contributed by atoms with van der Waals surface area (Å²) in [5.41, 5.74) is 11.8. The zero-order valence-corrected chi connectivity index (χ0v) is 23.4. The van der Waals surface area contributed by atoms with Gasteiger partial charge in [-0.15, -0.1) is 0 Å². The van der Waals surface area contributed by atoms with Gasteiger partial charge in [-0.3, -0.25) is 4.79 Å². The first-order valence-electron chi connectivity index (χ1n) is 14.7. The lowest BCUT2D eigenvalue weighted by Gasteiger charge is -2.31. The molecule has 1 saturated carbocycles. The van der Waals surface area contributed by atoms with E-state index in [-0.39, 0.29) is 18.1 Å². The number of carbonyl (C=O) groups is 1. The van der Waals surface area contributed by atoms with Crippen LogP contribution in [0.1, 0.15) is 70.0 Å². The molecular formula is C33H33FN6O2. The molecule has 2 aliphatic heterocycles. The summed E-state index contributed by atoms with van der Waals surface area (Å²) in [7, 11) is 0. The van der Waals surface area contributed by atoms with Crippen LogP contribution >= 0.6 is 0 Å². The lowest BCUT2D eigenvalue weighted by molar-refractivity contribution is 0.0976. The molecule has 0 bridgehead atoms. The van der Waals surface area contributed by atoms with Crippen LogP contribution in [0, 0.1) is 5.82 Å². The van der Waals surface area contributed by atoms with E-state index in [1.165, 1.54) is 24.6 Å². The summed E-state index contributed by atoms with van der Waals surface area (Å²) < 4.78 is 15.2. The highest BCUT2D eigenvalue weighted by atomic mass is 19.1. The molecule has 0 radical (unpaired) electrons. The molecule has 8 nitrogen and oxygen atoms in total. The van der Waals surface area contributed by atoms with Crippen molar-refractivity contribution in [3.8, 4) is 11.4 Å². The van der Waals surface area contributed by atoms with Gasteiger partial charge in [-0.05, 0) is 79.0 Å². The van der Waals surface area contributed by atoms with Gasteiger partial charge in [0.15, 0.2) is 5.82 Å².